The van der Waals surface area contributed by atoms with E-state index in [1.54, 1.807) is 4.90 Å². The number of halogens is 2. The van der Waals surface area contributed by atoms with Crippen molar-refractivity contribution < 1.29 is 13.5 Å². The topological polar surface area (TPSA) is 38.5 Å². The molecule has 0 spiro atoms. The molecular formula is C9H18F2N2O. The number of rotatable bonds is 3. The van der Waals surface area contributed by atoms with Crippen LogP contribution in [0.4, 0.5) is 8.78 Å². The zero-order chi connectivity index (χ0) is 10.6. The average molecular weight is 208 g/mol. The summed E-state index contributed by atoms with van der Waals surface area (Å²) < 4.78 is 31.3. The van der Waals surface area contributed by atoms with Crippen LogP contribution < -0.4 is 5.73 Å². The second-order valence-electron chi connectivity index (χ2n) is 3.81. The third kappa shape index (κ3) is 3.86. The van der Waals surface area contributed by atoms with Gasteiger partial charge < -0.3 is 10.5 Å². The Labute approximate surface area is 83.2 Å². The minimum atomic E-state index is -2.77. The number of ether oxygens (including phenoxy) is 1. The van der Waals surface area contributed by atoms with Crippen LogP contribution in [0.2, 0.25) is 0 Å². The molecule has 0 aromatic heterocycles. The fourth-order valence-corrected chi connectivity index (χ4v) is 1.49. The molecule has 0 saturated carbocycles. The number of nitrogens with zero attached hydrogens (tertiary/aromatic N) is 1. The maximum atomic E-state index is 13.0. The Morgan fingerprint density at radius 1 is 1.50 bits per heavy atom. The molecule has 1 aliphatic rings. The highest BCUT2D eigenvalue weighted by atomic mass is 19.3. The van der Waals surface area contributed by atoms with Crippen molar-refractivity contribution in [1.82, 2.24) is 4.90 Å². The molecule has 1 atom stereocenters. The van der Waals surface area contributed by atoms with Crippen LogP contribution in [0.15, 0.2) is 0 Å². The summed E-state index contributed by atoms with van der Waals surface area (Å²) in [6, 6.07) is 0. The van der Waals surface area contributed by atoms with Crippen molar-refractivity contribution in [1.29, 1.82) is 0 Å². The first-order valence-electron chi connectivity index (χ1n) is 4.95. The Morgan fingerprint density at radius 2 is 2.21 bits per heavy atom. The van der Waals surface area contributed by atoms with E-state index in [-0.39, 0.29) is 12.6 Å². The quantitative estimate of drug-likeness (QED) is 0.741. The highest BCUT2D eigenvalue weighted by Crippen LogP contribution is 2.15. The van der Waals surface area contributed by atoms with Gasteiger partial charge in [0.15, 0.2) is 0 Å². The summed E-state index contributed by atoms with van der Waals surface area (Å²) >= 11 is 0. The lowest BCUT2D eigenvalue weighted by atomic mass is 10.2. The lowest BCUT2D eigenvalue weighted by molar-refractivity contribution is -0.0237. The molecule has 1 aliphatic heterocycles. The fraction of sp³-hybridized carbons (Fsp3) is 1.00. The second kappa shape index (κ2) is 5.00. The number of hydrogen-bond acceptors (Lipinski definition) is 3. The Balaban J connectivity index is 2.37. The Hall–Kier alpha value is -0.260. The van der Waals surface area contributed by atoms with Crippen molar-refractivity contribution in [3.05, 3.63) is 0 Å². The monoisotopic (exact) mass is 208 g/mol. The number of nitrogens with two attached hydrogens (primary N) is 1. The molecule has 14 heavy (non-hydrogen) atoms. The molecule has 1 fully saturated rings. The minimum Gasteiger partial charge on any atom is -0.377 e. The van der Waals surface area contributed by atoms with Crippen LogP contribution in [0.25, 0.3) is 0 Å². The fourth-order valence-electron chi connectivity index (χ4n) is 1.49. The van der Waals surface area contributed by atoms with Gasteiger partial charge >= 0.3 is 0 Å². The van der Waals surface area contributed by atoms with E-state index in [0.717, 1.165) is 6.42 Å². The average Bonchev–Trinajstić information content (AvgIpc) is 2.31. The van der Waals surface area contributed by atoms with Gasteiger partial charge in [-0.3, -0.25) is 4.90 Å². The molecule has 0 amide bonds. The predicted octanol–water partition coefficient (Wildman–Crippen LogP) is 0.691. The largest absolute Gasteiger partial charge is 0.377 e. The first-order chi connectivity index (χ1) is 6.53. The van der Waals surface area contributed by atoms with Crippen molar-refractivity contribution >= 4 is 0 Å². The van der Waals surface area contributed by atoms with E-state index >= 15 is 0 Å². The minimum absolute atomic E-state index is 0.173. The van der Waals surface area contributed by atoms with E-state index in [9.17, 15) is 8.78 Å². The van der Waals surface area contributed by atoms with E-state index in [1.165, 1.54) is 0 Å². The zero-order valence-corrected chi connectivity index (χ0v) is 8.51. The first kappa shape index (κ1) is 11.8. The van der Waals surface area contributed by atoms with Gasteiger partial charge in [-0.25, -0.2) is 8.78 Å². The molecule has 0 aliphatic carbocycles. The summed E-state index contributed by atoms with van der Waals surface area (Å²) in [6.45, 7) is 2.89. The van der Waals surface area contributed by atoms with E-state index < -0.39 is 12.5 Å². The molecule has 0 aromatic carbocycles. The predicted molar refractivity (Wildman–Crippen MR) is 50.5 cm³/mol. The third-order valence-corrected chi connectivity index (χ3v) is 2.42. The van der Waals surface area contributed by atoms with Crippen molar-refractivity contribution in [3.63, 3.8) is 0 Å². The molecule has 0 bridgehead atoms. The molecule has 3 nitrogen and oxygen atoms in total. The van der Waals surface area contributed by atoms with Crippen LogP contribution in [-0.4, -0.2) is 49.7 Å². The van der Waals surface area contributed by atoms with Crippen LogP contribution >= 0.6 is 0 Å². The van der Waals surface area contributed by atoms with Crippen LogP contribution in [0.5, 0.6) is 0 Å². The summed E-state index contributed by atoms with van der Waals surface area (Å²) in [5.74, 6) is -2.77. The lowest BCUT2D eigenvalue weighted by Gasteiger charge is -2.24. The van der Waals surface area contributed by atoms with Crippen LogP contribution in [0, 0.1) is 0 Å². The van der Waals surface area contributed by atoms with Gasteiger partial charge in [0.2, 0.25) is 0 Å². The molecule has 1 rings (SSSR count). The smallest absolute Gasteiger partial charge is 0.272 e. The molecule has 1 heterocycles. The molecule has 84 valence electrons. The second-order valence-corrected chi connectivity index (χ2v) is 3.81. The van der Waals surface area contributed by atoms with E-state index in [1.807, 2.05) is 6.92 Å². The molecule has 5 heteroatoms. The summed E-state index contributed by atoms with van der Waals surface area (Å²) in [5.41, 5.74) is 4.98. The standard InChI is InChI=1S/C9H18F2N2O/c1-8-2-3-13(4-5-14-8)7-9(10,11)6-12/h8H,2-7,12H2,1H3. The van der Waals surface area contributed by atoms with E-state index in [0.29, 0.717) is 19.7 Å². The van der Waals surface area contributed by atoms with Gasteiger partial charge in [-0.1, -0.05) is 0 Å². The summed E-state index contributed by atoms with van der Waals surface area (Å²) in [4.78, 5) is 1.72. The highest BCUT2D eigenvalue weighted by Gasteiger charge is 2.30. The van der Waals surface area contributed by atoms with Crippen molar-refractivity contribution in [3.8, 4) is 0 Å². The van der Waals surface area contributed by atoms with Gasteiger partial charge in [0.05, 0.1) is 25.8 Å². The molecule has 1 saturated heterocycles. The lowest BCUT2D eigenvalue weighted by Crippen LogP contribution is -2.42. The third-order valence-electron chi connectivity index (χ3n) is 2.42. The van der Waals surface area contributed by atoms with Crippen molar-refractivity contribution in [2.24, 2.45) is 5.73 Å². The molecule has 0 radical (unpaired) electrons. The summed E-state index contributed by atoms with van der Waals surface area (Å²) in [7, 11) is 0. The van der Waals surface area contributed by atoms with Crippen molar-refractivity contribution in [2.45, 2.75) is 25.4 Å². The van der Waals surface area contributed by atoms with Gasteiger partial charge in [-0.05, 0) is 13.3 Å². The van der Waals surface area contributed by atoms with E-state index in [2.05, 4.69) is 0 Å². The van der Waals surface area contributed by atoms with Gasteiger partial charge in [-0.15, -0.1) is 0 Å². The zero-order valence-electron chi connectivity index (χ0n) is 8.51. The normalized spacial score (nSPS) is 26.1. The molecule has 2 N–H and O–H groups in total. The van der Waals surface area contributed by atoms with Crippen LogP contribution in [-0.2, 0) is 4.74 Å². The summed E-state index contributed by atoms with van der Waals surface area (Å²) in [5, 5.41) is 0. The molecule has 0 aromatic rings. The first-order valence-corrected chi connectivity index (χ1v) is 4.95. The van der Waals surface area contributed by atoms with Gasteiger partial charge in [-0.2, -0.15) is 0 Å². The highest BCUT2D eigenvalue weighted by molar-refractivity contribution is 4.75. The van der Waals surface area contributed by atoms with Gasteiger partial charge in [0, 0.05) is 13.1 Å². The molecule has 1 unspecified atom stereocenters. The van der Waals surface area contributed by atoms with E-state index in [4.69, 9.17) is 10.5 Å². The molecular weight excluding hydrogens is 190 g/mol. The number of hydrogen-bond donors (Lipinski definition) is 1. The van der Waals surface area contributed by atoms with Crippen molar-refractivity contribution in [2.75, 3.05) is 32.8 Å². The van der Waals surface area contributed by atoms with Crippen LogP contribution in [0.3, 0.4) is 0 Å². The maximum absolute atomic E-state index is 13.0. The Kier molecular flexibility index (Phi) is 4.22. The Morgan fingerprint density at radius 3 is 2.86 bits per heavy atom. The van der Waals surface area contributed by atoms with Gasteiger partial charge in [0.1, 0.15) is 0 Å². The summed E-state index contributed by atoms with van der Waals surface area (Å²) in [6.07, 6.45) is 0.979. The Bertz CT molecular complexity index is 178. The number of alkyl halides is 2. The van der Waals surface area contributed by atoms with Gasteiger partial charge in [0.25, 0.3) is 5.92 Å². The SMILES string of the molecule is CC1CCN(CC(F)(F)CN)CCO1. The van der Waals surface area contributed by atoms with Crippen LogP contribution in [0.1, 0.15) is 13.3 Å². The maximum Gasteiger partial charge on any atom is 0.272 e.